The zero-order valence-electron chi connectivity index (χ0n) is 12.1. The molecule has 22 heavy (non-hydrogen) atoms. The van der Waals surface area contributed by atoms with Crippen molar-refractivity contribution >= 4 is 11.7 Å². The number of hydrogen-bond acceptors (Lipinski definition) is 4. The summed E-state index contributed by atoms with van der Waals surface area (Å²) in [4.78, 5) is 11.2. The summed E-state index contributed by atoms with van der Waals surface area (Å²) >= 11 is 0. The molecule has 2 aromatic carbocycles. The third kappa shape index (κ3) is 2.73. The number of halogens is 1. The Morgan fingerprint density at radius 2 is 2.00 bits per heavy atom. The molecule has 0 spiro atoms. The number of carboxylic acids is 1. The van der Waals surface area contributed by atoms with Crippen LogP contribution in [0.5, 0.6) is 5.75 Å². The Hall–Kier alpha value is -2.60. The lowest BCUT2D eigenvalue weighted by atomic mass is 9.96. The van der Waals surface area contributed by atoms with Gasteiger partial charge in [0.2, 0.25) is 0 Å². The Morgan fingerprint density at radius 1 is 1.32 bits per heavy atom. The summed E-state index contributed by atoms with van der Waals surface area (Å²) in [6, 6.07) is 7.11. The number of hydrogen-bond donors (Lipinski definition) is 3. The van der Waals surface area contributed by atoms with Crippen LogP contribution in [0.25, 0.3) is 0 Å². The molecule has 0 aromatic heterocycles. The highest BCUT2D eigenvalue weighted by Gasteiger charge is 2.22. The first-order chi connectivity index (χ1) is 10.4. The van der Waals surface area contributed by atoms with Gasteiger partial charge in [0, 0.05) is 22.9 Å². The zero-order chi connectivity index (χ0) is 16.4. The van der Waals surface area contributed by atoms with Crippen LogP contribution < -0.4 is 10.5 Å². The van der Waals surface area contributed by atoms with Crippen molar-refractivity contribution in [3.05, 3.63) is 58.4 Å². The van der Waals surface area contributed by atoms with E-state index in [0.717, 1.165) is 0 Å². The van der Waals surface area contributed by atoms with E-state index in [1.165, 1.54) is 25.3 Å². The minimum atomic E-state index is -1.37. The topological polar surface area (TPSA) is 92.8 Å². The lowest BCUT2D eigenvalue weighted by Crippen LogP contribution is -2.10. The molecular weight excluding hydrogens is 289 g/mol. The highest BCUT2D eigenvalue weighted by molar-refractivity contribution is 5.92. The predicted molar refractivity (Wildman–Crippen MR) is 79.6 cm³/mol. The molecule has 0 heterocycles. The Morgan fingerprint density at radius 3 is 2.59 bits per heavy atom. The van der Waals surface area contributed by atoms with Crippen molar-refractivity contribution in [2.24, 2.45) is 0 Å². The predicted octanol–water partition coefficient (Wildman–Crippen LogP) is 2.50. The zero-order valence-corrected chi connectivity index (χ0v) is 12.1. The molecule has 116 valence electrons. The van der Waals surface area contributed by atoms with Crippen molar-refractivity contribution in [1.82, 2.24) is 0 Å². The van der Waals surface area contributed by atoms with Crippen molar-refractivity contribution in [2.75, 3.05) is 12.8 Å². The van der Waals surface area contributed by atoms with Gasteiger partial charge < -0.3 is 20.7 Å². The third-order valence-corrected chi connectivity index (χ3v) is 3.45. The second-order valence-corrected chi connectivity index (χ2v) is 4.87. The third-order valence-electron chi connectivity index (χ3n) is 3.45. The summed E-state index contributed by atoms with van der Waals surface area (Å²) in [5.74, 6) is -1.71. The van der Waals surface area contributed by atoms with Gasteiger partial charge in [0.15, 0.2) is 0 Å². The van der Waals surface area contributed by atoms with Gasteiger partial charge in [-0.05, 0) is 18.6 Å². The van der Waals surface area contributed by atoms with Gasteiger partial charge in [-0.25, -0.2) is 9.18 Å². The van der Waals surface area contributed by atoms with Crippen LogP contribution in [0.1, 0.15) is 33.2 Å². The van der Waals surface area contributed by atoms with E-state index >= 15 is 0 Å². The molecule has 0 saturated carbocycles. The van der Waals surface area contributed by atoms with Crippen LogP contribution in [-0.4, -0.2) is 23.3 Å². The van der Waals surface area contributed by atoms with Gasteiger partial charge in [-0.15, -0.1) is 0 Å². The van der Waals surface area contributed by atoms with Crippen molar-refractivity contribution < 1.29 is 24.1 Å². The number of carboxylic acid groups (broad SMARTS) is 1. The maximum Gasteiger partial charge on any atom is 0.339 e. The van der Waals surface area contributed by atoms with Crippen LogP contribution >= 0.6 is 0 Å². The second-order valence-electron chi connectivity index (χ2n) is 4.87. The van der Waals surface area contributed by atoms with Crippen LogP contribution in [0, 0.1) is 12.7 Å². The summed E-state index contributed by atoms with van der Waals surface area (Å²) in [5, 5.41) is 19.6. The van der Waals surface area contributed by atoms with Crippen LogP contribution in [0.3, 0.4) is 0 Å². The molecule has 4 N–H and O–H groups in total. The summed E-state index contributed by atoms with van der Waals surface area (Å²) in [6.07, 6.45) is -1.37. The van der Waals surface area contributed by atoms with E-state index in [1.54, 1.807) is 19.1 Å². The standard InChI is InChI=1S/C16H16FNO4/c1-8-4-3-5-9(14(8)17)15(19)10-6-11(16(20)21)13(22-2)7-12(10)18/h3-7,15,19H,18H2,1-2H3,(H,20,21). The normalized spacial score (nSPS) is 12.0. The fourth-order valence-electron chi connectivity index (χ4n) is 2.23. The quantitative estimate of drug-likeness (QED) is 0.755. The molecule has 1 unspecified atom stereocenters. The maximum atomic E-state index is 14.1. The molecule has 0 amide bonds. The molecule has 1 atom stereocenters. The van der Waals surface area contributed by atoms with Crippen molar-refractivity contribution in [1.29, 1.82) is 0 Å². The van der Waals surface area contributed by atoms with Gasteiger partial charge in [-0.3, -0.25) is 0 Å². The summed E-state index contributed by atoms with van der Waals surface area (Å²) in [5.41, 5.74) is 6.33. The molecule has 0 aliphatic carbocycles. The number of nitrogen functional groups attached to an aromatic ring is 1. The second kappa shape index (κ2) is 6.03. The molecule has 2 rings (SSSR count). The number of benzene rings is 2. The number of anilines is 1. The SMILES string of the molecule is COc1cc(N)c(C(O)c2cccc(C)c2F)cc1C(=O)O. The molecule has 2 aromatic rings. The lowest BCUT2D eigenvalue weighted by molar-refractivity contribution is 0.0693. The van der Waals surface area contributed by atoms with Gasteiger partial charge in [0.1, 0.15) is 23.2 Å². The molecule has 0 aliphatic rings. The van der Waals surface area contributed by atoms with Gasteiger partial charge >= 0.3 is 5.97 Å². The van der Waals surface area contributed by atoms with E-state index in [-0.39, 0.29) is 28.1 Å². The first-order valence-electron chi connectivity index (χ1n) is 6.50. The van der Waals surface area contributed by atoms with Crippen LogP contribution in [0.2, 0.25) is 0 Å². The van der Waals surface area contributed by atoms with Crippen molar-refractivity contribution in [2.45, 2.75) is 13.0 Å². The molecule has 0 radical (unpaired) electrons. The van der Waals surface area contributed by atoms with Gasteiger partial charge in [0.05, 0.1) is 7.11 Å². The number of aliphatic hydroxyl groups excluding tert-OH is 1. The summed E-state index contributed by atoms with van der Waals surface area (Å²) in [6.45, 7) is 1.58. The van der Waals surface area contributed by atoms with Crippen LogP contribution in [0.15, 0.2) is 30.3 Å². The average molecular weight is 305 g/mol. The number of methoxy groups -OCH3 is 1. The number of rotatable bonds is 4. The summed E-state index contributed by atoms with van der Waals surface area (Å²) in [7, 11) is 1.32. The van der Waals surface area contributed by atoms with Gasteiger partial charge in [-0.1, -0.05) is 18.2 Å². The Balaban J connectivity index is 2.59. The molecule has 0 aliphatic heterocycles. The molecule has 0 fully saturated rings. The average Bonchev–Trinajstić information content (AvgIpc) is 2.48. The number of ether oxygens (including phenoxy) is 1. The first-order valence-corrected chi connectivity index (χ1v) is 6.50. The van der Waals surface area contributed by atoms with E-state index in [9.17, 15) is 19.4 Å². The molecule has 0 saturated heterocycles. The highest BCUT2D eigenvalue weighted by Crippen LogP contribution is 2.34. The van der Waals surface area contributed by atoms with E-state index in [2.05, 4.69) is 0 Å². The number of aryl methyl sites for hydroxylation is 1. The van der Waals surface area contributed by atoms with Crippen molar-refractivity contribution in [3.63, 3.8) is 0 Å². The Bertz CT molecular complexity index is 730. The van der Waals surface area contributed by atoms with Crippen molar-refractivity contribution in [3.8, 4) is 5.75 Å². The van der Waals surface area contributed by atoms with Crippen LogP contribution in [0.4, 0.5) is 10.1 Å². The van der Waals surface area contributed by atoms with Crippen LogP contribution in [-0.2, 0) is 0 Å². The number of nitrogens with two attached hydrogens (primary N) is 1. The fraction of sp³-hybridized carbons (Fsp3) is 0.188. The monoisotopic (exact) mass is 305 g/mol. The van der Waals surface area contributed by atoms with E-state index in [0.29, 0.717) is 5.56 Å². The number of aromatic carboxylic acids is 1. The smallest absolute Gasteiger partial charge is 0.339 e. The minimum Gasteiger partial charge on any atom is -0.496 e. The largest absolute Gasteiger partial charge is 0.496 e. The highest BCUT2D eigenvalue weighted by atomic mass is 19.1. The maximum absolute atomic E-state index is 14.1. The Labute approximate surface area is 126 Å². The number of aliphatic hydroxyl groups is 1. The first kappa shape index (κ1) is 15.8. The van der Waals surface area contributed by atoms with E-state index < -0.39 is 17.9 Å². The molecule has 6 heteroatoms. The summed E-state index contributed by atoms with van der Waals surface area (Å²) < 4.78 is 19.1. The molecular formula is C16H16FNO4. The number of carbonyl (C=O) groups is 1. The minimum absolute atomic E-state index is 0.0354. The van der Waals surface area contributed by atoms with Gasteiger partial charge in [0.25, 0.3) is 0 Å². The molecule has 5 nitrogen and oxygen atoms in total. The van der Waals surface area contributed by atoms with Gasteiger partial charge in [-0.2, -0.15) is 0 Å². The molecule has 0 bridgehead atoms. The van der Waals surface area contributed by atoms with E-state index in [4.69, 9.17) is 10.5 Å². The lowest BCUT2D eigenvalue weighted by Gasteiger charge is -2.17. The fourth-order valence-corrected chi connectivity index (χ4v) is 2.23. The Kier molecular flexibility index (Phi) is 4.32. The van der Waals surface area contributed by atoms with E-state index in [1.807, 2.05) is 0 Å².